The topological polar surface area (TPSA) is 83.0 Å². The predicted molar refractivity (Wildman–Crippen MR) is 52.0 cm³/mol. The lowest BCUT2D eigenvalue weighted by molar-refractivity contribution is -0.143. The lowest BCUT2D eigenvalue weighted by Crippen LogP contribution is -2.39. The molecule has 0 fully saturated rings. The number of halogens is 1. The molecule has 0 saturated carbocycles. The van der Waals surface area contributed by atoms with Crippen LogP contribution in [0.5, 0.6) is 0 Å². The molecule has 2 atom stereocenters. The number of ether oxygens (including phenoxy) is 1. The van der Waals surface area contributed by atoms with E-state index in [1.807, 2.05) is 0 Å². The van der Waals surface area contributed by atoms with Gasteiger partial charge in [-0.15, -0.1) is 12.4 Å². The van der Waals surface area contributed by atoms with Crippen LogP contribution in [0, 0.1) is 0 Å². The van der Waals surface area contributed by atoms with Crippen molar-refractivity contribution in [2.24, 2.45) is 5.73 Å². The molecule has 0 aromatic carbocycles. The summed E-state index contributed by atoms with van der Waals surface area (Å²) in [6.45, 7) is 1.75. The fourth-order valence-corrected chi connectivity index (χ4v) is 0.913. The molecule has 6 nitrogen and oxygen atoms in total. The average molecular weight is 221 g/mol. The van der Waals surface area contributed by atoms with Gasteiger partial charge in [-0.05, 0) is 6.92 Å². The highest BCUT2D eigenvalue weighted by Crippen LogP contribution is 2.06. The Balaban J connectivity index is 0.00000169. The lowest BCUT2D eigenvalue weighted by Gasteiger charge is -2.16. The predicted octanol–water partition coefficient (Wildman–Crippen LogP) is -0.239. The summed E-state index contributed by atoms with van der Waals surface area (Å²) in [7, 11) is 1.30. The minimum atomic E-state index is -0.739. The minimum Gasteiger partial charge on any atom is -0.468 e. The first-order valence-electron chi connectivity index (χ1n) is 3.86. The Morgan fingerprint density at radius 3 is 2.43 bits per heavy atom. The van der Waals surface area contributed by atoms with Crippen molar-refractivity contribution in [3.63, 3.8) is 0 Å². The zero-order chi connectivity index (χ0) is 9.84. The van der Waals surface area contributed by atoms with Crippen molar-refractivity contribution in [1.29, 1.82) is 0 Å². The maximum absolute atomic E-state index is 11.0. The molecule has 0 saturated heterocycles. The van der Waals surface area contributed by atoms with Crippen LogP contribution in [0.25, 0.3) is 0 Å². The Bertz CT molecular complexity index is 277. The third kappa shape index (κ3) is 2.68. The maximum atomic E-state index is 11.0. The molecule has 0 aliphatic rings. The van der Waals surface area contributed by atoms with Crippen LogP contribution in [-0.2, 0) is 9.53 Å². The Morgan fingerprint density at radius 1 is 1.50 bits per heavy atom. The Morgan fingerprint density at radius 2 is 2.00 bits per heavy atom. The van der Waals surface area contributed by atoms with Gasteiger partial charge in [0.2, 0.25) is 0 Å². The molecule has 7 heteroatoms. The molecular weight excluding hydrogens is 208 g/mol. The lowest BCUT2D eigenvalue weighted by atomic mass is 10.2. The summed E-state index contributed by atoms with van der Waals surface area (Å²) in [5.41, 5.74) is 5.59. The van der Waals surface area contributed by atoms with E-state index in [0.29, 0.717) is 0 Å². The molecule has 0 bridgehead atoms. The van der Waals surface area contributed by atoms with Gasteiger partial charge in [0.15, 0.2) is 0 Å². The quantitative estimate of drug-likeness (QED) is 0.711. The van der Waals surface area contributed by atoms with Crippen LogP contribution in [0.2, 0.25) is 0 Å². The molecule has 2 N–H and O–H groups in total. The van der Waals surface area contributed by atoms with Crippen LogP contribution in [-0.4, -0.2) is 34.1 Å². The maximum Gasteiger partial charge on any atom is 0.324 e. The van der Waals surface area contributed by atoms with Gasteiger partial charge in [-0.1, -0.05) is 0 Å². The molecule has 2 unspecified atom stereocenters. The summed E-state index contributed by atoms with van der Waals surface area (Å²) in [5, 5.41) is 7.74. The van der Waals surface area contributed by atoms with Gasteiger partial charge < -0.3 is 10.5 Å². The van der Waals surface area contributed by atoms with Crippen LogP contribution < -0.4 is 5.73 Å². The number of hydrogen-bond donors (Lipinski definition) is 1. The molecule has 80 valence electrons. The van der Waals surface area contributed by atoms with E-state index in [4.69, 9.17) is 5.73 Å². The molecule has 0 spiro atoms. The van der Waals surface area contributed by atoms with Crippen molar-refractivity contribution >= 4 is 18.4 Å². The minimum absolute atomic E-state index is 0. The summed E-state index contributed by atoms with van der Waals surface area (Å²) in [6.07, 6.45) is 3.06. The normalized spacial score (nSPS) is 13.9. The van der Waals surface area contributed by atoms with Crippen LogP contribution >= 0.6 is 12.4 Å². The number of rotatable bonds is 3. The summed E-state index contributed by atoms with van der Waals surface area (Å²) >= 11 is 0. The monoisotopic (exact) mass is 220 g/mol. The van der Waals surface area contributed by atoms with Crippen molar-refractivity contribution in [3.05, 3.63) is 12.4 Å². The smallest absolute Gasteiger partial charge is 0.324 e. The highest BCUT2D eigenvalue weighted by molar-refractivity contribution is 5.85. The fraction of sp³-hybridized carbons (Fsp3) is 0.571. The number of hydrogen-bond acceptors (Lipinski definition) is 5. The Kier molecular flexibility index (Phi) is 5.11. The van der Waals surface area contributed by atoms with Gasteiger partial charge in [0.25, 0.3) is 0 Å². The average Bonchev–Trinajstić information content (AvgIpc) is 2.67. The number of carbonyl (C=O) groups excluding carboxylic acids is 1. The zero-order valence-corrected chi connectivity index (χ0v) is 8.77. The number of nitrogens with zero attached hydrogens (tertiary/aromatic N) is 3. The molecule has 1 aromatic rings. The third-order valence-electron chi connectivity index (χ3n) is 1.79. The van der Waals surface area contributed by atoms with E-state index in [1.54, 1.807) is 6.92 Å². The van der Waals surface area contributed by atoms with E-state index >= 15 is 0 Å². The summed E-state index contributed by atoms with van der Waals surface area (Å²) < 4.78 is 4.50. The first kappa shape index (κ1) is 12.9. The molecule has 0 amide bonds. The Hall–Kier alpha value is -1.14. The van der Waals surface area contributed by atoms with Gasteiger partial charge in [-0.2, -0.15) is 15.0 Å². The van der Waals surface area contributed by atoms with Crippen molar-refractivity contribution in [1.82, 2.24) is 15.0 Å². The van der Waals surface area contributed by atoms with Gasteiger partial charge in [0.1, 0.15) is 6.04 Å². The molecule has 14 heavy (non-hydrogen) atoms. The van der Waals surface area contributed by atoms with E-state index in [2.05, 4.69) is 14.9 Å². The van der Waals surface area contributed by atoms with E-state index in [9.17, 15) is 4.79 Å². The molecule has 0 aliphatic heterocycles. The fourth-order valence-electron chi connectivity index (χ4n) is 0.913. The van der Waals surface area contributed by atoms with Crippen molar-refractivity contribution in [2.45, 2.75) is 19.0 Å². The van der Waals surface area contributed by atoms with Crippen LogP contribution in [0.15, 0.2) is 12.4 Å². The van der Waals surface area contributed by atoms with Crippen LogP contribution in [0.4, 0.5) is 0 Å². The first-order valence-corrected chi connectivity index (χ1v) is 3.86. The van der Waals surface area contributed by atoms with Gasteiger partial charge in [0.05, 0.1) is 25.5 Å². The number of carbonyl (C=O) groups is 1. The van der Waals surface area contributed by atoms with Crippen LogP contribution in [0.3, 0.4) is 0 Å². The summed E-state index contributed by atoms with van der Waals surface area (Å²) in [5.74, 6) is -0.468. The number of aromatic nitrogens is 3. The van der Waals surface area contributed by atoms with Gasteiger partial charge in [-0.3, -0.25) is 4.79 Å². The van der Waals surface area contributed by atoms with E-state index in [1.165, 1.54) is 24.3 Å². The molecule has 0 aliphatic carbocycles. The summed E-state index contributed by atoms with van der Waals surface area (Å²) in [6, 6.07) is -1.04. The first-order chi connectivity index (χ1) is 6.16. The van der Waals surface area contributed by atoms with E-state index in [-0.39, 0.29) is 18.4 Å². The van der Waals surface area contributed by atoms with Gasteiger partial charge in [0, 0.05) is 0 Å². The van der Waals surface area contributed by atoms with Crippen molar-refractivity contribution in [2.75, 3.05) is 7.11 Å². The number of esters is 1. The second-order valence-electron chi connectivity index (χ2n) is 2.64. The van der Waals surface area contributed by atoms with Gasteiger partial charge >= 0.3 is 5.97 Å². The Labute approximate surface area is 87.8 Å². The standard InChI is InChI=1S/C7H12N4O2.ClH/c1-5(6(8)7(12)13-2)11-9-3-4-10-11;/h3-6H,8H2,1-2H3;1H. The van der Waals surface area contributed by atoms with Gasteiger partial charge in [-0.25, -0.2) is 0 Å². The third-order valence-corrected chi connectivity index (χ3v) is 1.79. The molecular formula is C7H13ClN4O2. The SMILES string of the molecule is COC(=O)C(N)C(C)n1nccn1.Cl. The van der Waals surface area contributed by atoms with Crippen molar-refractivity contribution < 1.29 is 9.53 Å². The van der Waals surface area contributed by atoms with Crippen LogP contribution in [0.1, 0.15) is 13.0 Å². The molecule has 1 aromatic heterocycles. The second-order valence-corrected chi connectivity index (χ2v) is 2.64. The number of nitrogens with two attached hydrogens (primary N) is 1. The van der Waals surface area contributed by atoms with E-state index in [0.717, 1.165) is 0 Å². The van der Waals surface area contributed by atoms with E-state index < -0.39 is 12.0 Å². The highest BCUT2D eigenvalue weighted by atomic mass is 35.5. The van der Waals surface area contributed by atoms with Crippen molar-refractivity contribution in [3.8, 4) is 0 Å². The number of methoxy groups -OCH3 is 1. The highest BCUT2D eigenvalue weighted by Gasteiger charge is 2.23. The second kappa shape index (κ2) is 5.56. The zero-order valence-electron chi connectivity index (χ0n) is 7.95. The molecule has 1 heterocycles. The molecule has 1 rings (SSSR count). The summed E-state index contributed by atoms with van der Waals surface area (Å²) in [4.78, 5) is 12.4. The molecule has 0 radical (unpaired) electrons. The largest absolute Gasteiger partial charge is 0.468 e.